The topological polar surface area (TPSA) is 69.9 Å². The van der Waals surface area contributed by atoms with E-state index in [-0.39, 0.29) is 0 Å². The first kappa shape index (κ1) is 9.28. The van der Waals surface area contributed by atoms with Crippen molar-refractivity contribution in [3.8, 4) is 0 Å². The van der Waals surface area contributed by atoms with Gasteiger partial charge in [-0.3, -0.25) is 0 Å². The Balaban J connectivity index is 2.45. The molecular weight excluding hydrogens is 168 g/mol. The molecule has 4 atom stereocenters. The first-order valence-corrected chi connectivity index (χ1v) is 4.75. The zero-order chi connectivity index (χ0) is 8.43. The SMILES string of the molecule is CSCC1OC(O)C(O)C1O. The quantitative estimate of drug-likeness (QED) is 0.497. The fourth-order valence-corrected chi connectivity index (χ4v) is 1.64. The lowest BCUT2D eigenvalue weighted by atomic mass is 10.2. The molecule has 0 radical (unpaired) electrons. The Morgan fingerprint density at radius 1 is 1.27 bits per heavy atom. The Bertz CT molecular complexity index is 132. The van der Waals surface area contributed by atoms with Gasteiger partial charge in [-0.15, -0.1) is 0 Å². The van der Waals surface area contributed by atoms with Crippen LogP contribution in [0.4, 0.5) is 0 Å². The molecule has 4 unspecified atom stereocenters. The van der Waals surface area contributed by atoms with E-state index in [1.807, 2.05) is 6.26 Å². The van der Waals surface area contributed by atoms with E-state index in [1.54, 1.807) is 0 Å². The fourth-order valence-electron chi connectivity index (χ4n) is 1.03. The van der Waals surface area contributed by atoms with Crippen LogP contribution in [0.15, 0.2) is 0 Å². The molecule has 5 heteroatoms. The van der Waals surface area contributed by atoms with Crippen LogP contribution in [0.25, 0.3) is 0 Å². The van der Waals surface area contributed by atoms with Gasteiger partial charge >= 0.3 is 0 Å². The molecule has 1 heterocycles. The van der Waals surface area contributed by atoms with E-state index >= 15 is 0 Å². The van der Waals surface area contributed by atoms with Gasteiger partial charge in [0.05, 0.1) is 6.10 Å². The van der Waals surface area contributed by atoms with E-state index in [0.717, 1.165) is 0 Å². The second-order valence-corrected chi connectivity index (χ2v) is 3.41. The molecular formula is C6H12O4S. The minimum Gasteiger partial charge on any atom is -0.387 e. The minimum atomic E-state index is -1.23. The molecule has 1 fully saturated rings. The molecule has 0 aromatic rings. The van der Waals surface area contributed by atoms with Crippen molar-refractivity contribution in [1.29, 1.82) is 0 Å². The number of hydrogen-bond acceptors (Lipinski definition) is 5. The van der Waals surface area contributed by atoms with E-state index < -0.39 is 24.6 Å². The molecule has 0 bridgehead atoms. The number of rotatable bonds is 2. The number of ether oxygens (including phenoxy) is 1. The largest absolute Gasteiger partial charge is 0.387 e. The van der Waals surface area contributed by atoms with Gasteiger partial charge in [-0.2, -0.15) is 11.8 Å². The van der Waals surface area contributed by atoms with Gasteiger partial charge in [0, 0.05) is 5.75 Å². The summed E-state index contributed by atoms with van der Waals surface area (Å²) in [7, 11) is 0. The number of thioether (sulfide) groups is 1. The maximum atomic E-state index is 9.21. The van der Waals surface area contributed by atoms with E-state index in [4.69, 9.17) is 14.9 Å². The third kappa shape index (κ3) is 1.86. The molecule has 3 N–H and O–H groups in total. The van der Waals surface area contributed by atoms with Crippen molar-refractivity contribution in [3.05, 3.63) is 0 Å². The molecule has 1 aliphatic rings. The van der Waals surface area contributed by atoms with E-state index in [2.05, 4.69) is 0 Å². The molecule has 0 saturated carbocycles. The van der Waals surface area contributed by atoms with Crippen LogP contribution in [0.5, 0.6) is 0 Å². The summed E-state index contributed by atoms with van der Waals surface area (Å²) < 4.78 is 4.86. The highest BCUT2D eigenvalue weighted by molar-refractivity contribution is 7.98. The molecule has 0 aromatic heterocycles. The van der Waals surface area contributed by atoms with Gasteiger partial charge in [0.2, 0.25) is 0 Å². The van der Waals surface area contributed by atoms with Gasteiger partial charge < -0.3 is 20.1 Å². The van der Waals surface area contributed by atoms with Gasteiger partial charge in [-0.25, -0.2) is 0 Å². The van der Waals surface area contributed by atoms with Crippen LogP contribution in [0.2, 0.25) is 0 Å². The maximum absolute atomic E-state index is 9.21. The average Bonchev–Trinajstić information content (AvgIpc) is 2.19. The second-order valence-electron chi connectivity index (χ2n) is 2.50. The molecule has 0 amide bonds. The molecule has 0 aromatic carbocycles. The maximum Gasteiger partial charge on any atom is 0.183 e. The van der Waals surface area contributed by atoms with Crippen LogP contribution in [0, 0.1) is 0 Å². The predicted molar refractivity (Wildman–Crippen MR) is 41.3 cm³/mol. The zero-order valence-electron chi connectivity index (χ0n) is 6.17. The third-order valence-corrected chi connectivity index (χ3v) is 2.33. The Kier molecular flexibility index (Phi) is 3.15. The van der Waals surface area contributed by atoms with Gasteiger partial charge in [-0.1, -0.05) is 0 Å². The predicted octanol–water partition coefficient (Wildman–Crippen LogP) is -1.21. The minimum absolute atomic E-state index is 0.449. The average molecular weight is 180 g/mol. The van der Waals surface area contributed by atoms with E-state index in [0.29, 0.717) is 5.75 Å². The molecule has 11 heavy (non-hydrogen) atoms. The highest BCUT2D eigenvalue weighted by atomic mass is 32.2. The summed E-state index contributed by atoms with van der Waals surface area (Å²) in [4.78, 5) is 0. The summed E-state index contributed by atoms with van der Waals surface area (Å²) in [6.45, 7) is 0. The molecule has 0 aliphatic carbocycles. The first-order valence-electron chi connectivity index (χ1n) is 3.35. The lowest BCUT2D eigenvalue weighted by molar-refractivity contribution is -0.123. The number of hydrogen-bond donors (Lipinski definition) is 3. The monoisotopic (exact) mass is 180 g/mol. The van der Waals surface area contributed by atoms with Gasteiger partial charge in [0.25, 0.3) is 0 Å². The van der Waals surface area contributed by atoms with E-state index in [1.165, 1.54) is 11.8 Å². The second kappa shape index (κ2) is 3.73. The Hall–Kier alpha value is 0.190. The summed E-state index contributed by atoms with van der Waals surface area (Å²) in [6, 6.07) is 0. The molecule has 0 spiro atoms. The van der Waals surface area contributed by atoms with Crippen LogP contribution < -0.4 is 0 Å². The van der Waals surface area contributed by atoms with Gasteiger partial charge in [0.1, 0.15) is 12.2 Å². The molecule has 66 valence electrons. The van der Waals surface area contributed by atoms with Crippen molar-refractivity contribution in [3.63, 3.8) is 0 Å². The Morgan fingerprint density at radius 3 is 2.27 bits per heavy atom. The molecule has 4 nitrogen and oxygen atoms in total. The van der Waals surface area contributed by atoms with E-state index in [9.17, 15) is 5.11 Å². The summed E-state index contributed by atoms with van der Waals surface area (Å²) in [5, 5.41) is 27.2. The lowest BCUT2D eigenvalue weighted by Gasteiger charge is -2.11. The van der Waals surface area contributed by atoms with Crippen molar-refractivity contribution in [2.45, 2.75) is 24.6 Å². The van der Waals surface area contributed by atoms with Crippen LogP contribution in [0.1, 0.15) is 0 Å². The van der Waals surface area contributed by atoms with Crippen molar-refractivity contribution in [2.24, 2.45) is 0 Å². The van der Waals surface area contributed by atoms with Crippen LogP contribution in [0.3, 0.4) is 0 Å². The molecule has 1 aliphatic heterocycles. The Morgan fingerprint density at radius 2 is 1.91 bits per heavy atom. The summed E-state index contributed by atoms with van der Waals surface area (Å²) in [6.07, 6.45) is -1.94. The Labute approximate surface area is 69.2 Å². The molecule has 1 saturated heterocycles. The lowest BCUT2D eigenvalue weighted by Crippen LogP contribution is -2.33. The van der Waals surface area contributed by atoms with Gasteiger partial charge in [0.15, 0.2) is 6.29 Å². The number of aliphatic hydroxyl groups excluding tert-OH is 3. The highest BCUT2D eigenvalue weighted by Gasteiger charge is 2.41. The first-order chi connectivity index (χ1) is 5.16. The van der Waals surface area contributed by atoms with Crippen LogP contribution in [-0.2, 0) is 4.74 Å². The van der Waals surface area contributed by atoms with Crippen LogP contribution in [-0.4, -0.2) is 51.9 Å². The zero-order valence-corrected chi connectivity index (χ0v) is 6.99. The van der Waals surface area contributed by atoms with Crippen molar-refractivity contribution in [1.82, 2.24) is 0 Å². The number of aliphatic hydroxyl groups is 3. The third-order valence-electron chi connectivity index (χ3n) is 1.67. The van der Waals surface area contributed by atoms with Crippen molar-refractivity contribution < 1.29 is 20.1 Å². The smallest absolute Gasteiger partial charge is 0.183 e. The van der Waals surface area contributed by atoms with Crippen LogP contribution >= 0.6 is 11.8 Å². The van der Waals surface area contributed by atoms with Gasteiger partial charge in [-0.05, 0) is 6.26 Å². The standard InChI is InChI=1S/C6H12O4S/c1-11-2-3-4(7)5(8)6(9)10-3/h3-9H,2H2,1H3. The van der Waals surface area contributed by atoms with Crippen molar-refractivity contribution in [2.75, 3.05) is 12.0 Å². The summed E-state index contributed by atoms with van der Waals surface area (Å²) >= 11 is 1.50. The summed E-state index contributed by atoms with van der Waals surface area (Å²) in [5.41, 5.74) is 0. The molecule has 1 rings (SSSR count). The normalized spacial score (nSPS) is 44.7. The van der Waals surface area contributed by atoms with Crippen molar-refractivity contribution >= 4 is 11.8 Å². The summed E-state index contributed by atoms with van der Waals surface area (Å²) in [5.74, 6) is 0.579. The fraction of sp³-hybridized carbons (Fsp3) is 1.00. The highest BCUT2D eigenvalue weighted by Crippen LogP contribution is 2.21.